The number of nitrogens with zero attached hydrogens (tertiary/aromatic N) is 1. The van der Waals surface area contributed by atoms with Crippen molar-refractivity contribution in [1.29, 1.82) is 0 Å². The molecule has 3 amide bonds. The number of terminal acetylenes is 2. The molecule has 1 aliphatic rings. The van der Waals surface area contributed by atoms with Gasteiger partial charge in [0.05, 0.1) is 6.61 Å². The second-order valence-electron chi connectivity index (χ2n) is 9.20. The molecule has 0 bridgehead atoms. The predicted molar refractivity (Wildman–Crippen MR) is 128 cm³/mol. The maximum absolute atomic E-state index is 13.5. The summed E-state index contributed by atoms with van der Waals surface area (Å²) in [6, 6.07) is 6.24. The number of hydrogen-bond acceptors (Lipinski definition) is 5. The molecule has 1 aromatic rings. The van der Waals surface area contributed by atoms with Crippen molar-refractivity contribution < 1.29 is 24.2 Å². The predicted octanol–water partition coefficient (Wildman–Crippen LogP) is 2.46. The van der Waals surface area contributed by atoms with Crippen LogP contribution in [0.1, 0.15) is 70.0 Å². The lowest BCUT2D eigenvalue weighted by Gasteiger charge is -2.32. The van der Waals surface area contributed by atoms with E-state index in [4.69, 9.17) is 17.6 Å². The van der Waals surface area contributed by atoms with E-state index in [2.05, 4.69) is 22.6 Å². The van der Waals surface area contributed by atoms with Gasteiger partial charge in [-0.3, -0.25) is 14.5 Å². The van der Waals surface area contributed by atoms with Gasteiger partial charge in [-0.15, -0.1) is 6.42 Å². The molecule has 1 aromatic carbocycles. The molecular formula is C26H33N3O5. The van der Waals surface area contributed by atoms with Crippen LogP contribution < -0.4 is 10.6 Å². The van der Waals surface area contributed by atoms with Crippen LogP contribution in [-0.2, 0) is 14.3 Å². The Morgan fingerprint density at radius 3 is 2.38 bits per heavy atom. The van der Waals surface area contributed by atoms with Gasteiger partial charge in [-0.2, -0.15) is 0 Å². The molecule has 1 fully saturated rings. The molecule has 34 heavy (non-hydrogen) atoms. The summed E-state index contributed by atoms with van der Waals surface area (Å²) in [5.74, 6) is 1.21. The van der Waals surface area contributed by atoms with Gasteiger partial charge in [-0.1, -0.05) is 49.8 Å². The van der Waals surface area contributed by atoms with Crippen LogP contribution in [-0.4, -0.2) is 52.2 Å². The molecule has 182 valence electrons. The van der Waals surface area contributed by atoms with E-state index in [1.807, 2.05) is 0 Å². The Kier molecular flexibility index (Phi) is 9.53. The van der Waals surface area contributed by atoms with Crippen LogP contribution in [0.25, 0.3) is 0 Å². The highest BCUT2D eigenvalue weighted by Crippen LogP contribution is 2.26. The summed E-state index contributed by atoms with van der Waals surface area (Å²) in [7, 11) is 0. The van der Waals surface area contributed by atoms with Crippen LogP contribution in [0.3, 0.4) is 0 Å². The van der Waals surface area contributed by atoms with Gasteiger partial charge in [0.2, 0.25) is 5.91 Å². The molecule has 0 aromatic heterocycles. The highest BCUT2D eigenvalue weighted by molar-refractivity contribution is 5.93. The molecule has 1 aliphatic carbocycles. The van der Waals surface area contributed by atoms with E-state index in [-0.39, 0.29) is 6.04 Å². The second kappa shape index (κ2) is 12.1. The zero-order chi connectivity index (χ0) is 25.3. The number of benzene rings is 1. The molecule has 0 heterocycles. The summed E-state index contributed by atoms with van der Waals surface area (Å²) in [5, 5.41) is 15.1. The zero-order valence-electron chi connectivity index (χ0n) is 20.0. The minimum Gasteiger partial charge on any atom is -0.444 e. The molecule has 0 radical (unpaired) electrons. The second-order valence-corrected chi connectivity index (χ2v) is 9.20. The SMILES string of the molecule is C#Cc1ccccc1C(C(=O)NC1CCCCC1)N(C#C)C(=O)C(CO)NC(=O)OC(C)(C)C. The fourth-order valence-corrected chi connectivity index (χ4v) is 3.86. The maximum atomic E-state index is 13.5. The Labute approximate surface area is 201 Å². The number of nitrogens with one attached hydrogen (secondary N) is 2. The Bertz CT molecular complexity index is 964. The minimum atomic E-state index is -1.42. The average molecular weight is 468 g/mol. The van der Waals surface area contributed by atoms with Crippen molar-refractivity contribution in [3.05, 3.63) is 35.4 Å². The smallest absolute Gasteiger partial charge is 0.408 e. The number of carbonyl (C=O) groups is 3. The Morgan fingerprint density at radius 1 is 1.18 bits per heavy atom. The largest absolute Gasteiger partial charge is 0.444 e. The van der Waals surface area contributed by atoms with E-state index in [1.165, 1.54) is 0 Å². The van der Waals surface area contributed by atoms with Crippen LogP contribution in [0.2, 0.25) is 0 Å². The van der Waals surface area contributed by atoms with Crippen LogP contribution in [0.4, 0.5) is 4.79 Å². The molecule has 0 aliphatic heterocycles. The van der Waals surface area contributed by atoms with Crippen molar-refractivity contribution in [2.24, 2.45) is 0 Å². The fraction of sp³-hybridized carbons (Fsp3) is 0.500. The van der Waals surface area contributed by atoms with Crippen molar-refractivity contribution in [1.82, 2.24) is 15.5 Å². The van der Waals surface area contributed by atoms with Crippen LogP contribution in [0.5, 0.6) is 0 Å². The number of ether oxygens (including phenoxy) is 1. The summed E-state index contributed by atoms with van der Waals surface area (Å²) in [6.07, 6.45) is 15.2. The summed E-state index contributed by atoms with van der Waals surface area (Å²) in [5.41, 5.74) is -0.0360. The molecular weight excluding hydrogens is 434 g/mol. The van der Waals surface area contributed by atoms with Gasteiger partial charge in [-0.05, 0) is 39.7 Å². The first-order valence-electron chi connectivity index (χ1n) is 11.4. The van der Waals surface area contributed by atoms with Crippen molar-refractivity contribution in [3.63, 3.8) is 0 Å². The van der Waals surface area contributed by atoms with Gasteiger partial charge in [-0.25, -0.2) is 4.79 Å². The monoisotopic (exact) mass is 467 g/mol. The quantitative estimate of drug-likeness (QED) is 0.422. The number of amides is 3. The molecule has 8 heteroatoms. The maximum Gasteiger partial charge on any atom is 0.408 e. The molecule has 1 saturated carbocycles. The topological polar surface area (TPSA) is 108 Å². The lowest BCUT2D eigenvalue weighted by Crippen LogP contribution is -2.53. The van der Waals surface area contributed by atoms with E-state index in [1.54, 1.807) is 45.0 Å². The first-order valence-corrected chi connectivity index (χ1v) is 11.4. The summed E-state index contributed by atoms with van der Waals surface area (Å²) < 4.78 is 5.17. The first-order chi connectivity index (χ1) is 16.1. The van der Waals surface area contributed by atoms with Gasteiger partial charge in [0.15, 0.2) is 0 Å². The van der Waals surface area contributed by atoms with Gasteiger partial charge in [0.1, 0.15) is 17.7 Å². The summed E-state index contributed by atoms with van der Waals surface area (Å²) in [6.45, 7) is 4.25. The standard InChI is InChI=1S/C26H33N3O5/c1-6-18-13-11-12-16-20(18)22(23(31)27-19-14-9-8-10-15-19)29(7-2)24(32)21(17-30)28-25(33)34-26(3,4)5/h1-2,11-13,16,19,21-22,30H,8-10,14-15,17H2,3-5H3,(H,27,31)(H,28,33). The molecule has 2 rings (SSSR count). The lowest BCUT2D eigenvalue weighted by molar-refractivity contribution is -0.139. The third kappa shape index (κ3) is 7.26. The lowest BCUT2D eigenvalue weighted by atomic mass is 9.93. The summed E-state index contributed by atoms with van der Waals surface area (Å²) in [4.78, 5) is 39.9. The number of aliphatic hydroxyl groups is 1. The normalized spacial score (nSPS) is 15.7. The summed E-state index contributed by atoms with van der Waals surface area (Å²) >= 11 is 0. The number of alkyl carbamates (subject to hydrolysis) is 1. The zero-order valence-corrected chi connectivity index (χ0v) is 20.0. The van der Waals surface area contributed by atoms with Gasteiger partial charge >= 0.3 is 6.09 Å². The first kappa shape index (κ1) is 26.8. The van der Waals surface area contributed by atoms with E-state index < -0.39 is 42.2 Å². The Balaban J connectivity index is 2.38. The molecule has 0 spiro atoms. The van der Waals surface area contributed by atoms with Crippen molar-refractivity contribution in [2.45, 2.75) is 76.6 Å². The van der Waals surface area contributed by atoms with Crippen LogP contribution in [0.15, 0.2) is 24.3 Å². The molecule has 8 nitrogen and oxygen atoms in total. The molecule has 3 N–H and O–H groups in total. The molecule has 0 saturated heterocycles. The van der Waals surface area contributed by atoms with Crippen molar-refractivity contribution in [2.75, 3.05) is 6.61 Å². The third-order valence-electron chi connectivity index (χ3n) is 5.42. The van der Waals surface area contributed by atoms with Gasteiger partial charge < -0.3 is 20.5 Å². The Hall–Kier alpha value is -3.49. The van der Waals surface area contributed by atoms with E-state index in [9.17, 15) is 19.5 Å². The number of carbonyl (C=O) groups excluding carboxylic acids is 3. The molecule has 2 atom stereocenters. The third-order valence-corrected chi connectivity index (χ3v) is 5.42. The van der Waals surface area contributed by atoms with Crippen LogP contribution in [0, 0.1) is 24.8 Å². The van der Waals surface area contributed by atoms with Gasteiger partial charge in [0, 0.05) is 23.2 Å². The van der Waals surface area contributed by atoms with E-state index >= 15 is 0 Å². The number of hydrogen-bond donors (Lipinski definition) is 3. The van der Waals surface area contributed by atoms with E-state index in [0.717, 1.165) is 37.0 Å². The highest BCUT2D eigenvalue weighted by Gasteiger charge is 2.37. The minimum absolute atomic E-state index is 0.0370. The van der Waals surface area contributed by atoms with Crippen LogP contribution >= 0.6 is 0 Å². The Morgan fingerprint density at radius 2 is 1.82 bits per heavy atom. The van der Waals surface area contributed by atoms with Crippen molar-refractivity contribution >= 4 is 17.9 Å². The van der Waals surface area contributed by atoms with Gasteiger partial charge in [0.25, 0.3) is 5.91 Å². The number of rotatable bonds is 7. The van der Waals surface area contributed by atoms with Crippen molar-refractivity contribution in [3.8, 4) is 24.8 Å². The molecule has 2 unspecified atom stereocenters. The van der Waals surface area contributed by atoms with E-state index in [0.29, 0.717) is 11.1 Å². The number of aliphatic hydroxyl groups excluding tert-OH is 1. The highest BCUT2D eigenvalue weighted by atomic mass is 16.6. The average Bonchev–Trinajstić information content (AvgIpc) is 2.80. The fourth-order valence-electron chi connectivity index (χ4n) is 3.86.